The van der Waals surface area contributed by atoms with Gasteiger partial charge >= 0.3 is 0 Å². The van der Waals surface area contributed by atoms with Crippen LogP contribution < -0.4 is 0 Å². The Hall–Kier alpha value is -1.61. The van der Waals surface area contributed by atoms with E-state index in [2.05, 4.69) is 33.8 Å². The molecule has 1 aromatic carbocycles. The zero-order chi connectivity index (χ0) is 17.1. The monoisotopic (exact) mass is 346 g/mol. The zero-order valence-electron chi connectivity index (χ0n) is 15.1. The molecule has 4 aliphatic carbocycles. The first-order chi connectivity index (χ1) is 12.7. The summed E-state index contributed by atoms with van der Waals surface area (Å²) >= 11 is 0. The van der Waals surface area contributed by atoms with Crippen molar-refractivity contribution in [2.24, 2.45) is 28.6 Å². The maximum atomic E-state index is 11.6. The zero-order valence-corrected chi connectivity index (χ0v) is 15.1. The van der Waals surface area contributed by atoms with E-state index in [1.807, 2.05) is 12.5 Å². The summed E-state index contributed by atoms with van der Waals surface area (Å²) in [6.07, 6.45) is 12.9. The molecular formula is C23H26N2O. The van der Waals surface area contributed by atoms with Gasteiger partial charge in [0.05, 0.1) is 30.4 Å². The van der Waals surface area contributed by atoms with E-state index in [-0.39, 0.29) is 17.6 Å². The fraction of sp³-hybridized carbons (Fsp3) is 0.609. The summed E-state index contributed by atoms with van der Waals surface area (Å²) in [5, 5.41) is 11.6. The third-order valence-electron chi connectivity index (χ3n) is 9.26. The predicted octanol–water partition coefficient (Wildman–Crippen LogP) is 4.42. The summed E-state index contributed by atoms with van der Waals surface area (Å²) in [6, 6.07) is 8.94. The molecule has 4 saturated carbocycles. The molecule has 0 radical (unpaired) electrons. The molecule has 7 atom stereocenters. The van der Waals surface area contributed by atoms with Gasteiger partial charge in [-0.05, 0) is 79.1 Å². The van der Waals surface area contributed by atoms with Crippen molar-refractivity contribution in [3.05, 3.63) is 42.4 Å². The minimum Gasteiger partial charge on any atom is -0.392 e. The van der Waals surface area contributed by atoms with E-state index in [1.165, 1.54) is 55.3 Å². The molecule has 7 rings (SSSR count). The molecule has 2 heterocycles. The molecule has 0 amide bonds. The van der Waals surface area contributed by atoms with Gasteiger partial charge in [-0.3, -0.25) is 0 Å². The second-order valence-electron chi connectivity index (χ2n) is 10.2. The van der Waals surface area contributed by atoms with Crippen molar-refractivity contribution in [1.82, 2.24) is 9.55 Å². The molecule has 3 nitrogen and oxygen atoms in total. The first-order valence-corrected chi connectivity index (χ1v) is 10.5. The van der Waals surface area contributed by atoms with Crippen LogP contribution in [0.25, 0.3) is 11.3 Å². The fourth-order valence-electron chi connectivity index (χ4n) is 8.45. The number of nitrogens with zero attached hydrogens (tertiary/aromatic N) is 2. The lowest BCUT2D eigenvalue weighted by Crippen LogP contribution is -2.43. The average Bonchev–Trinajstić information content (AvgIpc) is 3.31. The topological polar surface area (TPSA) is 38.1 Å². The molecule has 5 aliphatic rings. The number of fused-ring (bicyclic) bond motifs is 5. The normalized spacial score (nSPS) is 44.5. The van der Waals surface area contributed by atoms with Gasteiger partial charge in [-0.25, -0.2) is 4.98 Å². The van der Waals surface area contributed by atoms with Crippen LogP contribution in [0.4, 0.5) is 0 Å². The van der Waals surface area contributed by atoms with Gasteiger partial charge in [-0.1, -0.05) is 24.3 Å². The molecular weight excluding hydrogens is 320 g/mol. The van der Waals surface area contributed by atoms with Crippen LogP contribution in [0.5, 0.6) is 0 Å². The molecule has 1 N–H and O–H groups in total. The molecule has 4 fully saturated rings. The maximum absolute atomic E-state index is 11.6. The molecule has 3 bridgehead atoms. The Morgan fingerprint density at radius 2 is 2.08 bits per heavy atom. The van der Waals surface area contributed by atoms with Crippen LogP contribution in [0, 0.1) is 28.6 Å². The minimum atomic E-state index is -0.182. The highest BCUT2D eigenvalue weighted by molar-refractivity contribution is 5.68. The van der Waals surface area contributed by atoms with Gasteiger partial charge in [0.1, 0.15) is 0 Å². The third-order valence-corrected chi connectivity index (χ3v) is 9.26. The summed E-state index contributed by atoms with van der Waals surface area (Å²) < 4.78 is 2.30. The van der Waals surface area contributed by atoms with Crippen LogP contribution in [0.15, 0.2) is 36.8 Å². The van der Waals surface area contributed by atoms with Crippen LogP contribution in [0.2, 0.25) is 0 Å². The summed E-state index contributed by atoms with van der Waals surface area (Å²) in [4.78, 5) is 4.39. The SMILES string of the molecule is OC(CC1c2ccccc2-c2cncn21)C12CC3CC4CC(C1)C4(C3)C2. The van der Waals surface area contributed by atoms with Gasteiger partial charge in [0.2, 0.25) is 0 Å². The maximum Gasteiger partial charge on any atom is 0.0956 e. The Kier molecular flexibility index (Phi) is 2.47. The number of imidazole rings is 1. The van der Waals surface area contributed by atoms with Crippen molar-refractivity contribution in [1.29, 1.82) is 0 Å². The van der Waals surface area contributed by atoms with Crippen LogP contribution >= 0.6 is 0 Å². The van der Waals surface area contributed by atoms with Crippen LogP contribution in [0.1, 0.15) is 56.6 Å². The molecule has 134 valence electrons. The molecule has 3 heteroatoms. The van der Waals surface area contributed by atoms with E-state index < -0.39 is 0 Å². The molecule has 1 spiro atoms. The fourth-order valence-corrected chi connectivity index (χ4v) is 8.45. The van der Waals surface area contributed by atoms with E-state index in [0.717, 1.165) is 24.2 Å². The number of hydrogen-bond acceptors (Lipinski definition) is 2. The number of aliphatic hydroxyl groups is 1. The summed E-state index contributed by atoms with van der Waals surface area (Å²) in [7, 11) is 0. The lowest BCUT2D eigenvalue weighted by atomic mass is 9.55. The van der Waals surface area contributed by atoms with Crippen LogP contribution in [-0.4, -0.2) is 20.8 Å². The average molecular weight is 346 g/mol. The van der Waals surface area contributed by atoms with Crippen LogP contribution in [-0.2, 0) is 0 Å². The van der Waals surface area contributed by atoms with Crippen molar-refractivity contribution in [2.75, 3.05) is 0 Å². The first kappa shape index (κ1) is 14.4. The van der Waals surface area contributed by atoms with E-state index in [1.54, 1.807) is 0 Å². The van der Waals surface area contributed by atoms with Crippen molar-refractivity contribution < 1.29 is 5.11 Å². The van der Waals surface area contributed by atoms with E-state index in [4.69, 9.17) is 0 Å². The lowest BCUT2D eigenvalue weighted by molar-refractivity contribution is -0.0322. The molecule has 1 aliphatic heterocycles. The second kappa shape index (κ2) is 4.44. The van der Waals surface area contributed by atoms with Crippen molar-refractivity contribution >= 4 is 0 Å². The van der Waals surface area contributed by atoms with Gasteiger partial charge in [-0.2, -0.15) is 0 Å². The van der Waals surface area contributed by atoms with E-state index >= 15 is 0 Å². The van der Waals surface area contributed by atoms with E-state index in [9.17, 15) is 5.11 Å². The standard InChI is InChI=1S/C23H26N2O/c26-21(22-8-14-5-15-6-16(10-22)23(15,9-14)12-22)7-19-17-3-1-2-4-18(17)20-11-24-13-25(19)20/h1-4,11,13-16,19,21,26H,5-10,12H2. The minimum absolute atomic E-state index is 0.182. The second-order valence-corrected chi connectivity index (χ2v) is 10.2. The number of hydrogen-bond donors (Lipinski definition) is 1. The summed E-state index contributed by atoms with van der Waals surface area (Å²) in [5.74, 6) is 2.83. The molecule has 26 heavy (non-hydrogen) atoms. The largest absolute Gasteiger partial charge is 0.392 e. The van der Waals surface area contributed by atoms with Crippen LogP contribution in [0.3, 0.4) is 0 Å². The first-order valence-electron chi connectivity index (χ1n) is 10.5. The highest BCUT2D eigenvalue weighted by Crippen LogP contribution is 2.79. The predicted molar refractivity (Wildman–Crippen MR) is 99.5 cm³/mol. The smallest absolute Gasteiger partial charge is 0.0956 e. The summed E-state index contributed by atoms with van der Waals surface area (Å²) in [6.45, 7) is 0. The Bertz CT molecular complexity index is 914. The van der Waals surface area contributed by atoms with Crippen molar-refractivity contribution in [3.8, 4) is 11.3 Å². The van der Waals surface area contributed by atoms with Crippen molar-refractivity contribution in [3.63, 3.8) is 0 Å². The van der Waals surface area contributed by atoms with Gasteiger partial charge in [0, 0.05) is 5.56 Å². The third kappa shape index (κ3) is 1.51. The lowest BCUT2D eigenvalue weighted by Gasteiger charge is -2.49. The molecule has 2 aromatic rings. The van der Waals surface area contributed by atoms with Crippen molar-refractivity contribution in [2.45, 2.75) is 57.1 Å². The van der Waals surface area contributed by atoms with E-state index in [0.29, 0.717) is 5.41 Å². The van der Waals surface area contributed by atoms with Gasteiger partial charge in [0.25, 0.3) is 0 Å². The molecule has 0 saturated heterocycles. The van der Waals surface area contributed by atoms with Gasteiger partial charge in [0.15, 0.2) is 0 Å². The quantitative estimate of drug-likeness (QED) is 0.893. The Morgan fingerprint density at radius 3 is 3.04 bits per heavy atom. The Balaban J connectivity index is 1.25. The number of aliphatic hydroxyl groups excluding tert-OH is 1. The Labute approximate surface area is 154 Å². The Morgan fingerprint density at radius 1 is 1.15 bits per heavy atom. The molecule has 1 aromatic heterocycles. The van der Waals surface area contributed by atoms with Gasteiger partial charge in [-0.15, -0.1) is 0 Å². The summed E-state index contributed by atoms with van der Waals surface area (Å²) in [5.41, 5.74) is 4.74. The molecule has 7 unspecified atom stereocenters. The number of aromatic nitrogens is 2. The number of benzene rings is 1. The van der Waals surface area contributed by atoms with Gasteiger partial charge < -0.3 is 9.67 Å². The highest BCUT2D eigenvalue weighted by atomic mass is 16.3. The number of rotatable bonds is 3. The highest BCUT2D eigenvalue weighted by Gasteiger charge is 2.71.